The second-order valence-corrected chi connectivity index (χ2v) is 7.65. The molecule has 0 radical (unpaired) electrons. The molecule has 0 aliphatic rings. The lowest BCUT2D eigenvalue weighted by molar-refractivity contribution is -0.230. The molecule has 2 aromatic rings. The van der Waals surface area contributed by atoms with E-state index in [1.165, 1.54) is 14.2 Å². The standard InChI is InChI=1S/C25H36O9/c1-29-17-33-22(16-31-14-19-9-5-3-6-10-19)24(32-15-20-11-7-4-8-12-20)25(34-18-30-2)23(28)21(27)13-26/h3-12,21-28H,13-18H2,1-2H3/t21-,22-,23+,24-,25+/m1/s1. The largest absolute Gasteiger partial charge is 0.394 e. The van der Waals surface area contributed by atoms with Crippen LogP contribution in [0.25, 0.3) is 0 Å². The zero-order chi connectivity index (χ0) is 24.6. The summed E-state index contributed by atoms with van der Waals surface area (Å²) in [4.78, 5) is 0. The fraction of sp³-hybridized carbons (Fsp3) is 0.520. The quantitative estimate of drug-likeness (QED) is 0.273. The van der Waals surface area contributed by atoms with Crippen LogP contribution in [0.2, 0.25) is 0 Å². The molecule has 0 saturated carbocycles. The van der Waals surface area contributed by atoms with Crippen LogP contribution in [-0.2, 0) is 41.6 Å². The summed E-state index contributed by atoms with van der Waals surface area (Å²) in [6, 6.07) is 19.1. The van der Waals surface area contributed by atoms with E-state index in [0.717, 1.165) is 11.1 Å². The maximum atomic E-state index is 10.8. The van der Waals surface area contributed by atoms with Gasteiger partial charge in [0.15, 0.2) is 0 Å². The lowest BCUT2D eigenvalue weighted by Gasteiger charge is -2.36. The monoisotopic (exact) mass is 480 g/mol. The normalized spacial score (nSPS) is 16.0. The minimum atomic E-state index is -1.48. The summed E-state index contributed by atoms with van der Waals surface area (Å²) in [5.74, 6) is 0. The van der Waals surface area contributed by atoms with E-state index in [2.05, 4.69) is 0 Å². The molecule has 0 heterocycles. The number of benzene rings is 2. The minimum absolute atomic E-state index is 0.0553. The van der Waals surface area contributed by atoms with Crippen molar-refractivity contribution < 1.29 is 43.7 Å². The van der Waals surface area contributed by atoms with Crippen molar-refractivity contribution in [1.29, 1.82) is 0 Å². The Morgan fingerprint density at radius 2 is 1.26 bits per heavy atom. The fourth-order valence-corrected chi connectivity index (χ4v) is 3.30. The van der Waals surface area contributed by atoms with Crippen molar-refractivity contribution in [2.24, 2.45) is 0 Å². The molecule has 0 bridgehead atoms. The van der Waals surface area contributed by atoms with Crippen LogP contribution in [0.4, 0.5) is 0 Å². The summed E-state index contributed by atoms with van der Waals surface area (Å²) in [7, 11) is 2.93. The number of hydrogen-bond acceptors (Lipinski definition) is 9. The van der Waals surface area contributed by atoms with Crippen LogP contribution in [0, 0.1) is 0 Å². The SMILES string of the molecule is COCO[C@@H]([C@@H](O)[C@H](O)CO)[C@H](OCc1ccccc1)[C@@H](COCc1ccccc1)OCOC. The Balaban J connectivity index is 2.24. The third-order valence-electron chi connectivity index (χ3n) is 5.07. The summed E-state index contributed by atoms with van der Waals surface area (Å²) in [6.07, 6.45) is -5.69. The first-order chi connectivity index (χ1) is 16.6. The Labute approximate surface area is 200 Å². The van der Waals surface area contributed by atoms with Crippen molar-refractivity contribution >= 4 is 0 Å². The molecule has 0 fully saturated rings. The highest BCUT2D eigenvalue weighted by Crippen LogP contribution is 2.21. The average Bonchev–Trinajstić information content (AvgIpc) is 2.88. The molecule has 9 heteroatoms. The molecule has 0 aliphatic carbocycles. The van der Waals surface area contributed by atoms with Gasteiger partial charge < -0.3 is 43.7 Å². The van der Waals surface area contributed by atoms with Gasteiger partial charge in [0.1, 0.15) is 44.1 Å². The van der Waals surface area contributed by atoms with Crippen LogP contribution < -0.4 is 0 Å². The van der Waals surface area contributed by atoms with Crippen LogP contribution in [0.3, 0.4) is 0 Å². The van der Waals surface area contributed by atoms with E-state index in [-0.39, 0.29) is 26.8 Å². The molecular formula is C25H36O9. The molecule has 190 valence electrons. The van der Waals surface area contributed by atoms with Crippen molar-refractivity contribution in [3.8, 4) is 0 Å². The summed E-state index contributed by atoms with van der Waals surface area (Å²) < 4.78 is 33.7. The van der Waals surface area contributed by atoms with Gasteiger partial charge in [0.25, 0.3) is 0 Å². The molecule has 0 aliphatic heterocycles. The highest BCUT2D eigenvalue weighted by Gasteiger charge is 2.40. The highest BCUT2D eigenvalue weighted by atomic mass is 16.7. The zero-order valence-corrected chi connectivity index (χ0v) is 19.7. The van der Waals surface area contributed by atoms with Gasteiger partial charge in [-0.1, -0.05) is 60.7 Å². The zero-order valence-electron chi connectivity index (χ0n) is 19.7. The third-order valence-corrected chi connectivity index (χ3v) is 5.07. The van der Waals surface area contributed by atoms with Crippen molar-refractivity contribution in [2.45, 2.75) is 43.7 Å². The predicted octanol–water partition coefficient (Wildman–Crippen LogP) is 1.48. The molecule has 0 saturated heterocycles. The Kier molecular flexibility index (Phi) is 13.9. The highest BCUT2D eigenvalue weighted by molar-refractivity contribution is 5.14. The van der Waals surface area contributed by atoms with E-state index in [9.17, 15) is 15.3 Å². The van der Waals surface area contributed by atoms with Crippen LogP contribution in [-0.4, -0.2) is 86.9 Å². The molecule has 2 aromatic carbocycles. The number of hydrogen-bond donors (Lipinski definition) is 3. The van der Waals surface area contributed by atoms with Crippen molar-refractivity contribution in [1.82, 2.24) is 0 Å². The van der Waals surface area contributed by atoms with E-state index in [1.54, 1.807) is 0 Å². The molecule has 0 amide bonds. The smallest absolute Gasteiger partial charge is 0.146 e. The molecule has 5 atom stereocenters. The van der Waals surface area contributed by atoms with E-state index in [0.29, 0.717) is 6.61 Å². The van der Waals surface area contributed by atoms with E-state index < -0.39 is 37.1 Å². The summed E-state index contributed by atoms with van der Waals surface area (Å²) in [5.41, 5.74) is 1.88. The van der Waals surface area contributed by atoms with Gasteiger partial charge >= 0.3 is 0 Å². The van der Waals surface area contributed by atoms with Gasteiger partial charge in [-0.15, -0.1) is 0 Å². The van der Waals surface area contributed by atoms with Gasteiger partial charge in [0, 0.05) is 14.2 Å². The Morgan fingerprint density at radius 1 is 0.706 bits per heavy atom. The third kappa shape index (κ3) is 9.75. The molecular weight excluding hydrogens is 444 g/mol. The first kappa shape index (κ1) is 28.3. The number of ether oxygens (including phenoxy) is 6. The maximum absolute atomic E-state index is 10.8. The molecule has 3 N–H and O–H groups in total. The summed E-state index contributed by atoms with van der Waals surface area (Å²) in [6.45, 7) is -0.274. The van der Waals surface area contributed by atoms with Gasteiger partial charge in [-0.25, -0.2) is 0 Å². The summed E-state index contributed by atoms with van der Waals surface area (Å²) in [5, 5.41) is 30.3. The number of methoxy groups -OCH3 is 2. The van der Waals surface area contributed by atoms with Gasteiger partial charge in [-0.05, 0) is 11.1 Å². The first-order valence-electron chi connectivity index (χ1n) is 11.1. The molecule has 0 spiro atoms. The lowest BCUT2D eigenvalue weighted by atomic mass is 9.98. The molecule has 34 heavy (non-hydrogen) atoms. The molecule has 0 aromatic heterocycles. The van der Waals surface area contributed by atoms with Crippen molar-refractivity contribution in [3.05, 3.63) is 71.8 Å². The van der Waals surface area contributed by atoms with E-state index in [4.69, 9.17) is 28.4 Å². The Morgan fingerprint density at radius 3 is 1.82 bits per heavy atom. The van der Waals surface area contributed by atoms with Crippen LogP contribution in [0.1, 0.15) is 11.1 Å². The number of aliphatic hydroxyl groups is 3. The Bertz CT molecular complexity index is 747. The van der Waals surface area contributed by atoms with Gasteiger partial charge in [0.05, 0.1) is 26.4 Å². The van der Waals surface area contributed by atoms with Gasteiger partial charge in [-0.3, -0.25) is 0 Å². The maximum Gasteiger partial charge on any atom is 0.146 e. The minimum Gasteiger partial charge on any atom is -0.394 e. The fourth-order valence-electron chi connectivity index (χ4n) is 3.30. The molecule has 2 rings (SSSR count). The van der Waals surface area contributed by atoms with Crippen molar-refractivity contribution in [3.63, 3.8) is 0 Å². The topological polar surface area (TPSA) is 116 Å². The van der Waals surface area contributed by atoms with Crippen LogP contribution in [0.5, 0.6) is 0 Å². The number of rotatable bonds is 18. The van der Waals surface area contributed by atoms with Crippen LogP contribution >= 0.6 is 0 Å². The van der Waals surface area contributed by atoms with Gasteiger partial charge in [0.2, 0.25) is 0 Å². The molecule has 9 nitrogen and oxygen atoms in total. The van der Waals surface area contributed by atoms with Crippen molar-refractivity contribution in [2.75, 3.05) is 41.0 Å². The predicted molar refractivity (Wildman–Crippen MR) is 124 cm³/mol. The number of aliphatic hydroxyl groups excluding tert-OH is 3. The molecule has 0 unspecified atom stereocenters. The second kappa shape index (κ2) is 16.7. The van der Waals surface area contributed by atoms with E-state index >= 15 is 0 Å². The van der Waals surface area contributed by atoms with Crippen LogP contribution in [0.15, 0.2) is 60.7 Å². The first-order valence-corrected chi connectivity index (χ1v) is 11.1. The average molecular weight is 481 g/mol. The summed E-state index contributed by atoms with van der Waals surface area (Å²) >= 11 is 0. The second-order valence-electron chi connectivity index (χ2n) is 7.65. The van der Waals surface area contributed by atoms with Gasteiger partial charge in [-0.2, -0.15) is 0 Å². The Hall–Kier alpha value is -1.92. The lowest BCUT2D eigenvalue weighted by Crippen LogP contribution is -2.54. The van der Waals surface area contributed by atoms with E-state index in [1.807, 2.05) is 60.7 Å².